The molecule has 5 nitrogen and oxygen atoms in total. The quantitative estimate of drug-likeness (QED) is 0.804. The van der Waals surface area contributed by atoms with Crippen LogP contribution in [0, 0.1) is 0 Å². The summed E-state index contributed by atoms with van der Waals surface area (Å²) in [6.45, 7) is 10.1. The molecule has 2 heterocycles. The van der Waals surface area contributed by atoms with Gasteiger partial charge in [-0.15, -0.1) is 0 Å². The highest BCUT2D eigenvalue weighted by Gasteiger charge is 2.27. The molecule has 0 fully saturated rings. The first-order chi connectivity index (χ1) is 12.2. The predicted molar refractivity (Wildman–Crippen MR) is 99.9 cm³/mol. The van der Waals surface area contributed by atoms with Crippen LogP contribution in [0.4, 0.5) is 14.9 Å². The molecule has 2 aliphatic heterocycles. The van der Waals surface area contributed by atoms with Gasteiger partial charge in [-0.2, -0.15) is 0 Å². The minimum absolute atomic E-state index is 0.265. The van der Waals surface area contributed by atoms with E-state index in [1.807, 2.05) is 20.8 Å². The van der Waals surface area contributed by atoms with Gasteiger partial charge in [-0.05, 0) is 63.8 Å². The monoisotopic (exact) mass is 364 g/mol. The minimum atomic E-state index is -0.887. The Kier molecular flexibility index (Phi) is 5.30. The van der Waals surface area contributed by atoms with Crippen LogP contribution in [0.1, 0.15) is 38.8 Å². The fourth-order valence-electron chi connectivity index (χ4n) is 3.49. The zero-order chi connectivity index (χ0) is 18.9. The van der Waals surface area contributed by atoms with Gasteiger partial charge in [0.15, 0.2) is 0 Å². The molecular formula is C20H29FN2O3. The van der Waals surface area contributed by atoms with E-state index in [1.54, 1.807) is 11.8 Å². The zero-order valence-corrected chi connectivity index (χ0v) is 16.2. The van der Waals surface area contributed by atoms with Crippen molar-refractivity contribution in [2.24, 2.45) is 0 Å². The first-order valence-corrected chi connectivity index (χ1v) is 9.38. The molecule has 0 spiro atoms. The van der Waals surface area contributed by atoms with Gasteiger partial charge in [0, 0.05) is 19.6 Å². The summed E-state index contributed by atoms with van der Waals surface area (Å²) < 4.78 is 24.8. The summed E-state index contributed by atoms with van der Waals surface area (Å²) >= 11 is 0. The van der Waals surface area contributed by atoms with Gasteiger partial charge in [0.1, 0.15) is 24.1 Å². The van der Waals surface area contributed by atoms with Gasteiger partial charge in [-0.25, -0.2) is 9.18 Å². The third kappa shape index (κ3) is 4.40. The first-order valence-electron chi connectivity index (χ1n) is 9.38. The molecule has 0 saturated carbocycles. The van der Waals surface area contributed by atoms with Crippen molar-refractivity contribution in [1.82, 2.24) is 4.90 Å². The van der Waals surface area contributed by atoms with Crippen molar-refractivity contribution in [1.29, 1.82) is 0 Å². The van der Waals surface area contributed by atoms with E-state index < -0.39 is 11.8 Å². The molecule has 0 radical (unpaired) electrons. The summed E-state index contributed by atoms with van der Waals surface area (Å²) in [5, 5.41) is 0. The topological polar surface area (TPSA) is 42.0 Å². The molecule has 6 heteroatoms. The highest BCUT2D eigenvalue weighted by molar-refractivity contribution is 5.69. The molecule has 0 bridgehead atoms. The highest BCUT2D eigenvalue weighted by atomic mass is 19.1. The number of halogens is 1. The van der Waals surface area contributed by atoms with E-state index in [0.29, 0.717) is 32.8 Å². The number of rotatable bonds is 2. The van der Waals surface area contributed by atoms with Gasteiger partial charge in [-0.1, -0.05) is 0 Å². The number of benzene rings is 1. The lowest BCUT2D eigenvalue weighted by molar-refractivity contribution is 0.0258. The van der Waals surface area contributed by atoms with E-state index in [0.717, 1.165) is 24.3 Å². The van der Waals surface area contributed by atoms with Crippen LogP contribution in [0.15, 0.2) is 12.1 Å². The van der Waals surface area contributed by atoms with E-state index >= 15 is 0 Å². The standard InChI is InChI=1S/C20H29FN2O3/c1-14(21)13-23-9-10-25-18-12-16-6-8-22(19(24)26-20(2,3)4)7-5-15(16)11-17(18)23/h11-12,14H,5-10,13H2,1-4H3/t14-/m0/s1. The lowest BCUT2D eigenvalue weighted by Crippen LogP contribution is -2.38. The van der Waals surface area contributed by atoms with Crippen LogP contribution in [0.5, 0.6) is 5.75 Å². The average Bonchev–Trinajstić information content (AvgIpc) is 2.73. The number of carbonyl (C=O) groups excluding carboxylic acids is 1. The van der Waals surface area contributed by atoms with Gasteiger partial charge < -0.3 is 19.3 Å². The number of anilines is 1. The molecule has 1 atom stereocenters. The molecule has 1 amide bonds. The fraction of sp³-hybridized carbons (Fsp3) is 0.650. The van der Waals surface area contributed by atoms with Crippen LogP contribution in [-0.2, 0) is 17.6 Å². The molecule has 0 aromatic heterocycles. The third-order valence-corrected chi connectivity index (χ3v) is 4.67. The smallest absolute Gasteiger partial charge is 0.410 e. The van der Waals surface area contributed by atoms with Crippen molar-refractivity contribution >= 4 is 11.8 Å². The Morgan fingerprint density at radius 2 is 1.88 bits per heavy atom. The lowest BCUT2D eigenvalue weighted by atomic mass is 10.0. The molecule has 3 rings (SSSR count). The van der Waals surface area contributed by atoms with Gasteiger partial charge in [0.25, 0.3) is 0 Å². The lowest BCUT2D eigenvalue weighted by Gasteiger charge is -2.32. The number of carbonyl (C=O) groups is 1. The van der Waals surface area contributed by atoms with E-state index in [1.165, 1.54) is 11.1 Å². The Balaban J connectivity index is 1.77. The molecule has 1 aromatic carbocycles. The van der Waals surface area contributed by atoms with Crippen LogP contribution in [0.25, 0.3) is 0 Å². The van der Waals surface area contributed by atoms with Crippen LogP contribution < -0.4 is 9.64 Å². The molecule has 0 aliphatic carbocycles. The maximum atomic E-state index is 13.5. The Morgan fingerprint density at radius 1 is 1.23 bits per heavy atom. The largest absolute Gasteiger partial charge is 0.490 e. The van der Waals surface area contributed by atoms with Crippen molar-refractivity contribution < 1.29 is 18.7 Å². The number of nitrogens with zero attached hydrogens (tertiary/aromatic N) is 2. The highest BCUT2D eigenvalue weighted by Crippen LogP contribution is 2.36. The van der Waals surface area contributed by atoms with Crippen molar-refractivity contribution in [2.75, 3.05) is 37.7 Å². The third-order valence-electron chi connectivity index (χ3n) is 4.67. The average molecular weight is 364 g/mol. The van der Waals surface area contributed by atoms with Crippen molar-refractivity contribution in [3.8, 4) is 5.75 Å². The van der Waals surface area contributed by atoms with E-state index in [-0.39, 0.29) is 6.09 Å². The number of amides is 1. The summed E-state index contributed by atoms with van der Waals surface area (Å²) in [5.41, 5.74) is 2.87. The Hall–Kier alpha value is -1.98. The number of alkyl halides is 1. The fourth-order valence-corrected chi connectivity index (χ4v) is 3.49. The first kappa shape index (κ1) is 18.8. The summed E-state index contributed by atoms with van der Waals surface area (Å²) in [7, 11) is 0. The van der Waals surface area contributed by atoms with Gasteiger partial charge in [0.2, 0.25) is 0 Å². The van der Waals surface area contributed by atoms with E-state index in [2.05, 4.69) is 17.0 Å². The van der Waals surface area contributed by atoms with Crippen LogP contribution in [-0.4, -0.2) is 55.6 Å². The van der Waals surface area contributed by atoms with E-state index in [4.69, 9.17) is 9.47 Å². The van der Waals surface area contributed by atoms with Crippen molar-refractivity contribution in [3.05, 3.63) is 23.3 Å². The van der Waals surface area contributed by atoms with Gasteiger partial charge >= 0.3 is 6.09 Å². The van der Waals surface area contributed by atoms with Crippen molar-refractivity contribution in [3.63, 3.8) is 0 Å². The number of hydrogen-bond donors (Lipinski definition) is 0. The van der Waals surface area contributed by atoms with Gasteiger partial charge in [-0.3, -0.25) is 0 Å². The summed E-state index contributed by atoms with van der Waals surface area (Å²) in [4.78, 5) is 16.2. The summed E-state index contributed by atoms with van der Waals surface area (Å²) in [6.07, 6.45) is 0.382. The second-order valence-corrected chi connectivity index (χ2v) is 8.13. The Morgan fingerprint density at radius 3 is 2.50 bits per heavy atom. The molecule has 26 heavy (non-hydrogen) atoms. The minimum Gasteiger partial charge on any atom is -0.490 e. The SMILES string of the molecule is C[C@H](F)CN1CCOc2cc3c(cc21)CCN(C(=O)OC(C)(C)C)CC3. The predicted octanol–water partition coefficient (Wildman–Crippen LogP) is 3.58. The molecule has 0 N–H and O–H groups in total. The zero-order valence-electron chi connectivity index (χ0n) is 16.2. The maximum absolute atomic E-state index is 13.5. The number of fused-ring (bicyclic) bond motifs is 2. The maximum Gasteiger partial charge on any atom is 0.410 e. The number of ether oxygens (including phenoxy) is 2. The summed E-state index contributed by atoms with van der Waals surface area (Å²) in [6, 6.07) is 4.18. The Labute approximate surface area is 155 Å². The normalized spacial score (nSPS) is 18.3. The van der Waals surface area contributed by atoms with Crippen LogP contribution >= 0.6 is 0 Å². The second-order valence-electron chi connectivity index (χ2n) is 8.13. The molecular weight excluding hydrogens is 335 g/mol. The molecule has 2 aliphatic rings. The van der Waals surface area contributed by atoms with Crippen LogP contribution in [0.3, 0.4) is 0 Å². The number of hydrogen-bond acceptors (Lipinski definition) is 4. The second kappa shape index (κ2) is 7.33. The Bertz CT molecular complexity index is 670. The molecule has 1 aromatic rings. The van der Waals surface area contributed by atoms with Crippen LogP contribution in [0.2, 0.25) is 0 Å². The molecule has 0 saturated heterocycles. The van der Waals surface area contributed by atoms with Crippen molar-refractivity contribution in [2.45, 2.75) is 52.3 Å². The van der Waals surface area contributed by atoms with E-state index in [9.17, 15) is 9.18 Å². The van der Waals surface area contributed by atoms with Gasteiger partial charge in [0.05, 0.1) is 12.2 Å². The molecule has 144 valence electrons. The summed E-state index contributed by atoms with van der Waals surface area (Å²) in [5.74, 6) is 0.821. The molecule has 0 unspecified atom stereocenters.